The molecule has 2 amide bonds. The first-order valence-corrected chi connectivity index (χ1v) is 8.66. The van der Waals surface area contributed by atoms with Gasteiger partial charge < -0.3 is 20.1 Å². The second-order valence-electron chi connectivity index (χ2n) is 5.97. The molecule has 2 N–H and O–H groups in total. The van der Waals surface area contributed by atoms with Crippen LogP contribution in [0.15, 0.2) is 48.5 Å². The topological polar surface area (TPSA) is 76.7 Å². The molecule has 0 aliphatic carbocycles. The molecule has 28 heavy (non-hydrogen) atoms. The van der Waals surface area contributed by atoms with Gasteiger partial charge in [-0.1, -0.05) is 24.3 Å². The first kappa shape index (κ1) is 21.1. The molecule has 1 atom stereocenters. The van der Waals surface area contributed by atoms with E-state index in [9.17, 15) is 18.4 Å². The summed E-state index contributed by atoms with van der Waals surface area (Å²) in [7, 11) is 1.36. The number of halogens is 2. The van der Waals surface area contributed by atoms with Crippen molar-refractivity contribution < 1.29 is 27.8 Å². The lowest BCUT2D eigenvalue weighted by Crippen LogP contribution is -2.45. The fourth-order valence-electron chi connectivity index (χ4n) is 2.48. The average molecular weight is 392 g/mol. The van der Waals surface area contributed by atoms with E-state index in [2.05, 4.69) is 15.4 Å². The van der Waals surface area contributed by atoms with Gasteiger partial charge in [-0.3, -0.25) is 9.59 Å². The van der Waals surface area contributed by atoms with E-state index in [1.807, 2.05) is 0 Å². The zero-order chi connectivity index (χ0) is 20.5. The summed E-state index contributed by atoms with van der Waals surface area (Å²) in [6.07, 6.45) is 0.455. The van der Waals surface area contributed by atoms with Gasteiger partial charge in [-0.2, -0.15) is 8.78 Å². The van der Waals surface area contributed by atoms with Gasteiger partial charge in [0.25, 0.3) is 5.91 Å². The molecule has 0 bridgehead atoms. The number of benzene rings is 2. The van der Waals surface area contributed by atoms with E-state index in [-0.39, 0.29) is 23.3 Å². The van der Waals surface area contributed by atoms with Gasteiger partial charge in [-0.25, -0.2) is 0 Å². The molecule has 2 rings (SSSR count). The van der Waals surface area contributed by atoms with Crippen molar-refractivity contribution in [2.75, 3.05) is 13.7 Å². The van der Waals surface area contributed by atoms with E-state index in [0.717, 1.165) is 5.56 Å². The van der Waals surface area contributed by atoms with Crippen LogP contribution in [0.1, 0.15) is 22.8 Å². The average Bonchev–Trinajstić information content (AvgIpc) is 2.69. The number of alkyl halides is 2. The molecule has 6 nitrogen and oxygen atoms in total. The Balaban J connectivity index is 1.83. The van der Waals surface area contributed by atoms with Gasteiger partial charge in [0.05, 0.1) is 7.11 Å². The van der Waals surface area contributed by atoms with Gasteiger partial charge in [0.15, 0.2) is 11.5 Å². The SMILES string of the molecule is COc1cc(CCNC(=O)[C@@H](C)NC(=O)c2ccccc2)ccc1OC(F)F. The van der Waals surface area contributed by atoms with Crippen LogP contribution in [-0.4, -0.2) is 38.1 Å². The zero-order valence-corrected chi connectivity index (χ0v) is 15.6. The standard InChI is InChI=1S/C20H22F2N2O4/c1-13(24-19(26)15-6-4-3-5-7-15)18(25)23-11-10-14-8-9-16(28-20(21)22)17(12-14)27-2/h3-9,12-13,20H,10-11H2,1-2H3,(H,23,25)(H,24,26)/t13-/m1/s1. The monoisotopic (exact) mass is 392 g/mol. The van der Waals surface area contributed by atoms with Crippen LogP contribution in [0.3, 0.4) is 0 Å². The molecular weight excluding hydrogens is 370 g/mol. The Labute approximate surface area is 161 Å². The van der Waals surface area contributed by atoms with Crippen LogP contribution in [0.4, 0.5) is 8.78 Å². The van der Waals surface area contributed by atoms with E-state index in [4.69, 9.17) is 4.74 Å². The molecule has 0 radical (unpaired) electrons. The first-order chi connectivity index (χ1) is 13.4. The van der Waals surface area contributed by atoms with Crippen molar-refractivity contribution in [1.29, 1.82) is 0 Å². The Hall–Kier alpha value is -3.16. The summed E-state index contributed by atoms with van der Waals surface area (Å²) in [5.41, 5.74) is 1.25. The highest BCUT2D eigenvalue weighted by atomic mass is 19.3. The highest BCUT2D eigenvalue weighted by Gasteiger charge is 2.16. The number of rotatable bonds is 9. The number of ether oxygens (including phenoxy) is 2. The molecule has 0 spiro atoms. The molecule has 0 aliphatic rings. The molecule has 0 aromatic heterocycles. The highest BCUT2D eigenvalue weighted by molar-refractivity contribution is 5.97. The van der Waals surface area contributed by atoms with Crippen molar-refractivity contribution in [2.24, 2.45) is 0 Å². The molecule has 0 fully saturated rings. The number of carbonyl (C=O) groups is 2. The van der Waals surface area contributed by atoms with Crippen molar-refractivity contribution >= 4 is 11.8 Å². The number of hydrogen-bond donors (Lipinski definition) is 2. The van der Waals surface area contributed by atoms with Crippen LogP contribution in [0.5, 0.6) is 11.5 Å². The number of methoxy groups -OCH3 is 1. The number of hydrogen-bond acceptors (Lipinski definition) is 4. The van der Waals surface area contributed by atoms with Crippen LogP contribution in [-0.2, 0) is 11.2 Å². The summed E-state index contributed by atoms with van der Waals surface area (Å²) < 4.78 is 34.1. The summed E-state index contributed by atoms with van der Waals surface area (Å²) in [5.74, 6) is -0.522. The Morgan fingerprint density at radius 1 is 1.07 bits per heavy atom. The molecule has 0 saturated heterocycles. The maximum absolute atomic E-state index is 12.3. The quantitative estimate of drug-likeness (QED) is 0.688. The Bertz CT molecular complexity index is 800. The van der Waals surface area contributed by atoms with Crippen molar-refractivity contribution in [3.63, 3.8) is 0 Å². The lowest BCUT2D eigenvalue weighted by atomic mass is 10.1. The molecule has 8 heteroatoms. The minimum absolute atomic E-state index is 0.0532. The van der Waals surface area contributed by atoms with Gasteiger partial charge in [0.1, 0.15) is 6.04 Å². The van der Waals surface area contributed by atoms with E-state index in [0.29, 0.717) is 18.5 Å². The third-order valence-electron chi connectivity index (χ3n) is 3.93. The summed E-state index contributed by atoms with van der Waals surface area (Å²) in [5, 5.41) is 5.36. The fourth-order valence-corrected chi connectivity index (χ4v) is 2.48. The fraction of sp³-hybridized carbons (Fsp3) is 0.300. The van der Waals surface area contributed by atoms with E-state index in [1.165, 1.54) is 13.2 Å². The van der Waals surface area contributed by atoms with E-state index < -0.39 is 12.7 Å². The molecule has 0 unspecified atom stereocenters. The zero-order valence-electron chi connectivity index (χ0n) is 15.6. The summed E-state index contributed by atoms with van der Waals surface area (Å²) in [4.78, 5) is 24.2. The van der Waals surface area contributed by atoms with Gasteiger partial charge in [-0.05, 0) is 43.2 Å². The van der Waals surface area contributed by atoms with Gasteiger partial charge in [0.2, 0.25) is 5.91 Å². The van der Waals surface area contributed by atoms with Crippen molar-refractivity contribution in [3.05, 3.63) is 59.7 Å². The molecule has 2 aromatic rings. The summed E-state index contributed by atoms with van der Waals surface area (Å²) >= 11 is 0. The normalized spacial score (nSPS) is 11.6. The van der Waals surface area contributed by atoms with Crippen molar-refractivity contribution in [3.8, 4) is 11.5 Å². The van der Waals surface area contributed by atoms with Gasteiger partial charge in [-0.15, -0.1) is 0 Å². The highest BCUT2D eigenvalue weighted by Crippen LogP contribution is 2.29. The Morgan fingerprint density at radius 3 is 2.43 bits per heavy atom. The largest absolute Gasteiger partial charge is 0.493 e. The number of amides is 2. The molecule has 150 valence electrons. The second-order valence-corrected chi connectivity index (χ2v) is 5.97. The second kappa shape index (κ2) is 10.2. The lowest BCUT2D eigenvalue weighted by molar-refractivity contribution is -0.122. The number of nitrogens with one attached hydrogen (secondary N) is 2. The summed E-state index contributed by atoms with van der Waals surface area (Å²) in [6, 6.07) is 12.5. The van der Waals surface area contributed by atoms with E-state index >= 15 is 0 Å². The van der Waals surface area contributed by atoms with Crippen LogP contribution in [0.2, 0.25) is 0 Å². The predicted octanol–water partition coefficient (Wildman–Crippen LogP) is 2.77. The third-order valence-corrected chi connectivity index (χ3v) is 3.93. The van der Waals surface area contributed by atoms with Crippen LogP contribution >= 0.6 is 0 Å². The van der Waals surface area contributed by atoms with Crippen LogP contribution in [0, 0.1) is 0 Å². The minimum Gasteiger partial charge on any atom is -0.493 e. The predicted molar refractivity (Wildman–Crippen MR) is 99.7 cm³/mol. The molecular formula is C20H22F2N2O4. The molecule has 0 aliphatic heterocycles. The maximum atomic E-state index is 12.3. The van der Waals surface area contributed by atoms with Gasteiger partial charge in [0, 0.05) is 12.1 Å². The van der Waals surface area contributed by atoms with Crippen molar-refractivity contribution in [2.45, 2.75) is 26.0 Å². The Morgan fingerprint density at radius 2 is 1.79 bits per heavy atom. The molecule has 0 heterocycles. The maximum Gasteiger partial charge on any atom is 0.387 e. The molecule has 0 saturated carbocycles. The van der Waals surface area contributed by atoms with Crippen LogP contribution in [0.25, 0.3) is 0 Å². The van der Waals surface area contributed by atoms with E-state index in [1.54, 1.807) is 49.4 Å². The molecule has 2 aromatic carbocycles. The summed E-state index contributed by atoms with van der Waals surface area (Å²) in [6.45, 7) is -1.04. The lowest BCUT2D eigenvalue weighted by Gasteiger charge is -2.15. The third kappa shape index (κ3) is 6.22. The first-order valence-electron chi connectivity index (χ1n) is 8.66. The van der Waals surface area contributed by atoms with Gasteiger partial charge >= 0.3 is 6.61 Å². The smallest absolute Gasteiger partial charge is 0.387 e. The van der Waals surface area contributed by atoms with Crippen LogP contribution < -0.4 is 20.1 Å². The minimum atomic E-state index is -2.94. The number of carbonyl (C=O) groups excluding carboxylic acids is 2. The van der Waals surface area contributed by atoms with Crippen molar-refractivity contribution in [1.82, 2.24) is 10.6 Å². The Kier molecular flexibility index (Phi) is 7.74.